The maximum atomic E-state index is 13.6. The molecule has 4 nitrogen and oxygen atoms in total. The average Bonchev–Trinajstić information content (AvgIpc) is 3.18. The molecule has 1 N–H and O–H groups in total. The van der Waals surface area contributed by atoms with Crippen LogP contribution in [-0.2, 0) is 4.79 Å². The highest BCUT2D eigenvalue weighted by atomic mass is 35.5. The molecule has 1 aliphatic heterocycles. The zero-order valence-corrected chi connectivity index (χ0v) is 23.3. The first-order chi connectivity index (χ1) is 17.4. The summed E-state index contributed by atoms with van der Waals surface area (Å²) in [6, 6.07) is 13.1. The lowest BCUT2D eigenvalue weighted by Gasteiger charge is -2.27. The summed E-state index contributed by atoms with van der Waals surface area (Å²) in [4.78, 5) is 13.6. The van der Waals surface area contributed by atoms with E-state index in [-0.39, 0.29) is 23.9 Å². The fourth-order valence-electron chi connectivity index (χ4n) is 5.41. The van der Waals surface area contributed by atoms with Gasteiger partial charge in [0.05, 0.1) is 16.8 Å². The number of amides is 1. The molecule has 1 heterocycles. The van der Waals surface area contributed by atoms with E-state index in [1.165, 1.54) is 44.9 Å². The largest absolute Gasteiger partial charge is 0.348 e. The van der Waals surface area contributed by atoms with E-state index in [2.05, 4.69) is 12.2 Å². The molecule has 0 radical (unpaired) electrons. The van der Waals surface area contributed by atoms with Gasteiger partial charge in [-0.1, -0.05) is 112 Å². The minimum Gasteiger partial charge on any atom is -0.348 e. The number of rotatable bonds is 4. The van der Waals surface area contributed by atoms with Gasteiger partial charge >= 0.3 is 0 Å². The van der Waals surface area contributed by atoms with E-state index in [1.54, 1.807) is 12.1 Å². The molecular formula is C29H36Cl3N3O. The van der Waals surface area contributed by atoms with Crippen molar-refractivity contribution in [2.75, 3.05) is 5.01 Å². The van der Waals surface area contributed by atoms with Crippen LogP contribution < -0.4 is 10.3 Å². The molecule has 1 saturated carbocycles. The Hall–Kier alpha value is -1.75. The molecule has 194 valence electrons. The van der Waals surface area contributed by atoms with Crippen LogP contribution >= 0.6 is 34.8 Å². The van der Waals surface area contributed by atoms with Gasteiger partial charge in [0.1, 0.15) is 5.71 Å². The third-order valence-electron chi connectivity index (χ3n) is 7.42. The number of nitrogens with one attached hydrogen (secondary N) is 1. The van der Waals surface area contributed by atoms with E-state index in [0.29, 0.717) is 20.8 Å². The zero-order chi connectivity index (χ0) is 25.5. The molecule has 36 heavy (non-hydrogen) atoms. The SMILES string of the molecule is C[C@H]1C(C(=O)NC2CCCCCCCCCCC2)=NN(c2ccc(Cl)cc2Cl)[C@H]1c1ccc(Cl)cc1. The van der Waals surface area contributed by atoms with E-state index in [1.807, 2.05) is 35.3 Å². The molecule has 2 aliphatic rings. The summed E-state index contributed by atoms with van der Waals surface area (Å²) < 4.78 is 0. The summed E-state index contributed by atoms with van der Waals surface area (Å²) in [7, 11) is 0. The molecule has 0 saturated heterocycles. The fourth-order valence-corrected chi connectivity index (χ4v) is 6.03. The summed E-state index contributed by atoms with van der Waals surface area (Å²) in [5.74, 6) is -0.213. The Morgan fingerprint density at radius 1 is 0.833 bits per heavy atom. The van der Waals surface area contributed by atoms with Crippen LogP contribution in [0.25, 0.3) is 0 Å². The van der Waals surface area contributed by atoms with E-state index < -0.39 is 0 Å². The summed E-state index contributed by atoms with van der Waals surface area (Å²) in [5.41, 5.74) is 2.28. The van der Waals surface area contributed by atoms with Crippen molar-refractivity contribution in [2.24, 2.45) is 11.0 Å². The predicted molar refractivity (Wildman–Crippen MR) is 152 cm³/mol. The van der Waals surface area contributed by atoms with Crippen molar-refractivity contribution in [3.05, 3.63) is 63.1 Å². The smallest absolute Gasteiger partial charge is 0.268 e. The van der Waals surface area contributed by atoms with Crippen LogP contribution in [0.15, 0.2) is 47.6 Å². The van der Waals surface area contributed by atoms with Gasteiger partial charge in [0, 0.05) is 22.0 Å². The second kappa shape index (κ2) is 13.2. The number of carbonyl (C=O) groups is 1. The van der Waals surface area contributed by atoms with Crippen LogP contribution in [0.2, 0.25) is 15.1 Å². The summed E-state index contributed by atoms with van der Waals surface area (Å²) >= 11 is 18.9. The zero-order valence-electron chi connectivity index (χ0n) is 21.0. The lowest BCUT2D eigenvalue weighted by molar-refractivity contribution is -0.115. The van der Waals surface area contributed by atoms with Crippen molar-refractivity contribution in [2.45, 2.75) is 89.6 Å². The highest BCUT2D eigenvalue weighted by molar-refractivity contribution is 6.41. The Balaban J connectivity index is 1.56. The Kier molecular flexibility index (Phi) is 9.98. The molecule has 0 spiro atoms. The monoisotopic (exact) mass is 547 g/mol. The minimum atomic E-state index is -0.182. The molecule has 2 atom stereocenters. The predicted octanol–water partition coefficient (Wildman–Crippen LogP) is 8.99. The highest BCUT2D eigenvalue weighted by Crippen LogP contribution is 2.42. The normalized spacial score (nSPS) is 22.4. The first kappa shape index (κ1) is 27.3. The number of carbonyl (C=O) groups excluding carboxylic acids is 1. The molecule has 0 bridgehead atoms. The summed E-state index contributed by atoms with van der Waals surface area (Å²) in [5, 5.41) is 11.8. The fraction of sp³-hybridized carbons (Fsp3) is 0.517. The van der Waals surface area contributed by atoms with E-state index in [9.17, 15) is 4.79 Å². The third kappa shape index (κ3) is 6.96. The Bertz CT molecular complexity index is 1040. The van der Waals surface area contributed by atoms with E-state index >= 15 is 0 Å². The number of halogens is 3. The molecule has 0 unspecified atom stereocenters. The van der Waals surface area contributed by atoms with Crippen LogP contribution in [0.3, 0.4) is 0 Å². The number of benzene rings is 2. The van der Waals surface area contributed by atoms with Crippen molar-refractivity contribution >= 4 is 52.1 Å². The maximum absolute atomic E-state index is 13.6. The topological polar surface area (TPSA) is 44.7 Å². The summed E-state index contributed by atoms with van der Waals surface area (Å²) in [6.07, 6.45) is 13.5. The van der Waals surface area contributed by atoms with Crippen molar-refractivity contribution < 1.29 is 4.79 Å². The minimum absolute atomic E-state index is 0.0776. The van der Waals surface area contributed by atoms with Gasteiger partial charge in [-0.25, -0.2) is 0 Å². The molecule has 1 amide bonds. The standard InChI is InChI=1S/C29H36Cl3N3O/c1-20-27(29(36)33-24-11-9-7-5-3-2-4-6-8-10-12-24)34-35(26-18-17-23(31)19-25(26)32)28(20)21-13-15-22(30)16-14-21/h13-20,24,28H,2-12H2,1H3,(H,33,36)/t20-,28+/m0/s1. The van der Waals surface area contributed by atoms with Gasteiger partial charge in [-0.05, 0) is 48.7 Å². The first-order valence-electron chi connectivity index (χ1n) is 13.3. The van der Waals surface area contributed by atoms with Gasteiger partial charge in [0.15, 0.2) is 0 Å². The number of hydrogen-bond acceptors (Lipinski definition) is 3. The molecule has 4 rings (SSSR count). The lowest BCUT2D eigenvalue weighted by Crippen LogP contribution is -2.41. The molecule has 1 fully saturated rings. The van der Waals surface area contributed by atoms with Crippen molar-refractivity contribution in [3.63, 3.8) is 0 Å². The molecular weight excluding hydrogens is 513 g/mol. The van der Waals surface area contributed by atoms with Crippen LogP contribution in [0.5, 0.6) is 0 Å². The Labute approximate surface area is 230 Å². The molecule has 0 aromatic heterocycles. The van der Waals surface area contributed by atoms with Gasteiger partial charge in [0.25, 0.3) is 5.91 Å². The molecule has 2 aromatic carbocycles. The third-order valence-corrected chi connectivity index (χ3v) is 8.21. The average molecular weight is 549 g/mol. The first-order valence-corrected chi connectivity index (χ1v) is 14.5. The van der Waals surface area contributed by atoms with Crippen LogP contribution in [0.4, 0.5) is 5.69 Å². The van der Waals surface area contributed by atoms with Gasteiger partial charge in [-0.2, -0.15) is 5.10 Å². The summed E-state index contributed by atoms with van der Waals surface area (Å²) in [6.45, 7) is 2.06. The van der Waals surface area contributed by atoms with Crippen LogP contribution in [0, 0.1) is 5.92 Å². The second-order valence-electron chi connectivity index (χ2n) is 10.1. The van der Waals surface area contributed by atoms with Crippen molar-refractivity contribution in [1.82, 2.24) is 5.32 Å². The van der Waals surface area contributed by atoms with Crippen molar-refractivity contribution in [3.8, 4) is 0 Å². The Morgan fingerprint density at radius 2 is 1.39 bits per heavy atom. The quantitative estimate of drug-likeness (QED) is 0.414. The van der Waals surface area contributed by atoms with E-state index in [0.717, 1.165) is 36.9 Å². The van der Waals surface area contributed by atoms with Crippen LogP contribution in [-0.4, -0.2) is 17.7 Å². The van der Waals surface area contributed by atoms with Gasteiger partial charge in [-0.15, -0.1) is 0 Å². The number of nitrogens with zero attached hydrogens (tertiary/aromatic N) is 2. The molecule has 7 heteroatoms. The van der Waals surface area contributed by atoms with Crippen molar-refractivity contribution in [1.29, 1.82) is 0 Å². The van der Waals surface area contributed by atoms with E-state index in [4.69, 9.17) is 39.9 Å². The number of hydrazone groups is 1. The van der Waals surface area contributed by atoms with Crippen LogP contribution in [0.1, 0.15) is 89.2 Å². The number of anilines is 1. The number of hydrogen-bond donors (Lipinski definition) is 1. The lowest BCUT2D eigenvalue weighted by atomic mass is 9.90. The molecule has 1 aliphatic carbocycles. The Morgan fingerprint density at radius 3 is 1.97 bits per heavy atom. The second-order valence-corrected chi connectivity index (χ2v) is 11.4. The van der Waals surface area contributed by atoms with Gasteiger partial charge in [-0.3, -0.25) is 9.80 Å². The van der Waals surface area contributed by atoms with Gasteiger partial charge in [0.2, 0.25) is 0 Å². The highest BCUT2D eigenvalue weighted by Gasteiger charge is 2.40. The molecule has 2 aromatic rings. The maximum Gasteiger partial charge on any atom is 0.268 e. The van der Waals surface area contributed by atoms with Gasteiger partial charge < -0.3 is 5.32 Å².